The van der Waals surface area contributed by atoms with Gasteiger partial charge in [0.05, 0.1) is 12.0 Å². The fourth-order valence-electron chi connectivity index (χ4n) is 1.61. The van der Waals surface area contributed by atoms with Crippen LogP contribution in [0.1, 0.15) is 31.0 Å². The van der Waals surface area contributed by atoms with Crippen molar-refractivity contribution in [1.29, 1.82) is 0 Å². The maximum absolute atomic E-state index is 4.12. The van der Waals surface area contributed by atoms with Gasteiger partial charge in [0.1, 0.15) is 0 Å². The van der Waals surface area contributed by atoms with Crippen LogP contribution in [0.25, 0.3) is 0 Å². The molecule has 1 aromatic heterocycles. The summed E-state index contributed by atoms with van der Waals surface area (Å²) in [4.78, 5) is 4.12. The Balaban J connectivity index is 2.54. The lowest BCUT2D eigenvalue weighted by Gasteiger charge is -2.15. The molecule has 1 unspecified atom stereocenters. The highest BCUT2D eigenvalue weighted by Crippen LogP contribution is 2.17. The van der Waals surface area contributed by atoms with Crippen LogP contribution in [0.2, 0.25) is 0 Å². The van der Waals surface area contributed by atoms with E-state index in [9.17, 15) is 0 Å². The minimum absolute atomic E-state index is 0.405. The van der Waals surface area contributed by atoms with Crippen LogP contribution in [0.3, 0.4) is 0 Å². The Bertz CT molecular complexity index is 278. The average molecular weight is 193 g/mol. The predicted octanol–water partition coefficient (Wildman–Crippen LogP) is 2.04. The van der Waals surface area contributed by atoms with E-state index in [0.717, 1.165) is 12.8 Å². The second-order valence-corrected chi connectivity index (χ2v) is 3.49. The zero-order valence-electron chi connectivity index (χ0n) is 9.03. The van der Waals surface area contributed by atoms with Gasteiger partial charge in [-0.25, -0.2) is 4.98 Å². The number of imidazole rings is 1. The molecule has 0 saturated carbocycles. The van der Waals surface area contributed by atoms with Crippen LogP contribution in [0, 0.1) is 0 Å². The van der Waals surface area contributed by atoms with E-state index in [-0.39, 0.29) is 0 Å². The number of nitrogens with zero attached hydrogens (tertiary/aromatic N) is 2. The van der Waals surface area contributed by atoms with Crippen molar-refractivity contribution in [3.63, 3.8) is 0 Å². The van der Waals surface area contributed by atoms with Crippen LogP contribution in [0.5, 0.6) is 0 Å². The SMILES string of the molecule is C=CCCCC(NC)c1cncn1C. The lowest BCUT2D eigenvalue weighted by atomic mass is 10.1. The summed E-state index contributed by atoms with van der Waals surface area (Å²) in [6, 6.07) is 0.405. The Hall–Kier alpha value is -1.09. The molecule has 1 heterocycles. The molecule has 0 radical (unpaired) electrons. The van der Waals surface area contributed by atoms with Gasteiger partial charge in [-0.2, -0.15) is 0 Å². The van der Waals surface area contributed by atoms with Crippen LogP contribution in [-0.2, 0) is 7.05 Å². The summed E-state index contributed by atoms with van der Waals surface area (Å²) in [7, 11) is 4.02. The molecule has 0 aliphatic carbocycles. The Kier molecular flexibility index (Phi) is 4.40. The van der Waals surface area contributed by atoms with E-state index in [1.807, 2.05) is 32.7 Å². The minimum Gasteiger partial charge on any atom is -0.336 e. The van der Waals surface area contributed by atoms with Crippen molar-refractivity contribution in [2.75, 3.05) is 7.05 Å². The van der Waals surface area contributed by atoms with Gasteiger partial charge in [-0.3, -0.25) is 0 Å². The number of nitrogens with one attached hydrogen (secondary N) is 1. The van der Waals surface area contributed by atoms with E-state index in [0.29, 0.717) is 6.04 Å². The number of aryl methyl sites for hydroxylation is 1. The summed E-state index contributed by atoms with van der Waals surface area (Å²) in [5.41, 5.74) is 1.25. The molecule has 0 saturated heterocycles. The van der Waals surface area contributed by atoms with Gasteiger partial charge >= 0.3 is 0 Å². The first-order valence-electron chi connectivity index (χ1n) is 5.04. The zero-order valence-corrected chi connectivity index (χ0v) is 9.03. The van der Waals surface area contributed by atoms with Crippen molar-refractivity contribution in [3.05, 3.63) is 30.9 Å². The van der Waals surface area contributed by atoms with Crippen molar-refractivity contribution in [2.24, 2.45) is 7.05 Å². The first kappa shape index (κ1) is 11.0. The van der Waals surface area contributed by atoms with Gasteiger partial charge in [0.2, 0.25) is 0 Å². The molecule has 14 heavy (non-hydrogen) atoms. The third kappa shape index (κ3) is 2.70. The van der Waals surface area contributed by atoms with Gasteiger partial charge in [-0.05, 0) is 26.3 Å². The van der Waals surface area contributed by atoms with Crippen molar-refractivity contribution < 1.29 is 0 Å². The Labute approximate surface area is 85.8 Å². The maximum atomic E-state index is 4.12. The molecule has 3 heteroatoms. The van der Waals surface area contributed by atoms with Crippen LogP contribution >= 0.6 is 0 Å². The second kappa shape index (κ2) is 5.60. The normalized spacial score (nSPS) is 12.7. The Morgan fingerprint density at radius 2 is 2.50 bits per heavy atom. The fourth-order valence-corrected chi connectivity index (χ4v) is 1.61. The summed E-state index contributed by atoms with van der Waals surface area (Å²) in [5.74, 6) is 0. The van der Waals surface area contributed by atoms with E-state index in [1.165, 1.54) is 12.1 Å². The van der Waals surface area contributed by atoms with Gasteiger partial charge in [0.15, 0.2) is 0 Å². The molecule has 1 N–H and O–H groups in total. The average Bonchev–Trinajstić information content (AvgIpc) is 2.60. The van der Waals surface area contributed by atoms with Crippen LogP contribution in [-0.4, -0.2) is 16.6 Å². The molecule has 0 amide bonds. The fraction of sp³-hybridized carbons (Fsp3) is 0.545. The molecule has 0 bridgehead atoms. The molecule has 1 aromatic rings. The summed E-state index contributed by atoms with van der Waals surface area (Å²) in [6.07, 6.45) is 9.11. The highest BCUT2D eigenvalue weighted by atomic mass is 15.1. The van der Waals surface area contributed by atoms with Crippen molar-refractivity contribution >= 4 is 0 Å². The van der Waals surface area contributed by atoms with Gasteiger partial charge in [0, 0.05) is 19.3 Å². The number of allylic oxidation sites excluding steroid dienone is 1. The lowest BCUT2D eigenvalue weighted by molar-refractivity contribution is 0.504. The molecule has 0 spiro atoms. The van der Waals surface area contributed by atoms with E-state index in [4.69, 9.17) is 0 Å². The smallest absolute Gasteiger partial charge is 0.0946 e. The quantitative estimate of drug-likeness (QED) is 0.553. The first-order chi connectivity index (χ1) is 6.79. The maximum Gasteiger partial charge on any atom is 0.0946 e. The standard InChI is InChI=1S/C11H19N3/c1-4-5-6-7-10(12-2)11-8-13-9-14(11)3/h4,8-10,12H,1,5-7H2,2-3H3. The van der Waals surface area contributed by atoms with E-state index in [1.54, 1.807) is 0 Å². The van der Waals surface area contributed by atoms with Crippen molar-refractivity contribution in [1.82, 2.24) is 14.9 Å². The third-order valence-corrected chi connectivity index (χ3v) is 2.46. The predicted molar refractivity (Wildman–Crippen MR) is 59.1 cm³/mol. The van der Waals surface area contributed by atoms with Gasteiger partial charge in [-0.1, -0.05) is 6.08 Å². The van der Waals surface area contributed by atoms with Crippen LogP contribution in [0.4, 0.5) is 0 Å². The van der Waals surface area contributed by atoms with Gasteiger partial charge in [0.25, 0.3) is 0 Å². The summed E-state index contributed by atoms with van der Waals surface area (Å²) in [5, 5.41) is 3.31. The van der Waals surface area contributed by atoms with Crippen molar-refractivity contribution in [3.8, 4) is 0 Å². The Morgan fingerprint density at radius 3 is 3.00 bits per heavy atom. The summed E-state index contributed by atoms with van der Waals surface area (Å²) < 4.78 is 2.06. The highest BCUT2D eigenvalue weighted by molar-refractivity contribution is 5.04. The molecule has 0 aliphatic rings. The molecular weight excluding hydrogens is 174 g/mol. The monoisotopic (exact) mass is 193 g/mol. The van der Waals surface area contributed by atoms with Gasteiger partial charge < -0.3 is 9.88 Å². The van der Waals surface area contributed by atoms with Crippen LogP contribution in [0.15, 0.2) is 25.2 Å². The second-order valence-electron chi connectivity index (χ2n) is 3.49. The number of unbranched alkanes of at least 4 members (excludes halogenated alkanes) is 1. The number of rotatable bonds is 6. The summed E-state index contributed by atoms with van der Waals surface area (Å²) in [6.45, 7) is 3.73. The highest BCUT2D eigenvalue weighted by Gasteiger charge is 2.11. The van der Waals surface area contributed by atoms with E-state index in [2.05, 4.69) is 21.4 Å². The molecule has 0 fully saturated rings. The number of aromatic nitrogens is 2. The van der Waals surface area contributed by atoms with E-state index < -0.39 is 0 Å². The molecule has 3 nitrogen and oxygen atoms in total. The summed E-state index contributed by atoms with van der Waals surface area (Å²) >= 11 is 0. The van der Waals surface area contributed by atoms with Crippen molar-refractivity contribution in [2.45, 2.75) is 25.3 Å². The molecule has 1 rings (SSSR count). The molecule has 1 atom stereocenters. The lowest BCUT2D eigenvalue weighted by Crippen LogP contribution is -2.18. The molecule has 78 valence electrons. The van der Waals surface area contributed by atoms with Crippen LogP contribution < -0.4 is 5.32 Å². The number of hydrogen-bond acceptors (Lipinski definition) is 2. The topological polar surface area (TPSA) is 29.9 Å². The first-order valence-corrected chi connectivity index (χ1v) is 5.04. The molecule has 0 aliphatic heterocycles. The van der Waals surface area contributed by atoms with Gasteiger partial charge in [-0.15, -0.1) is 6.58 Å². The minimum atomic E-state index is 0.405. The third-order valence-electron chi connectivity index (χ3n) is 2.46. The molecule has 0 aromatic carbocycles. The zero-order chi connectivity index (χ0) is 10.4. The Morgan fingerprint density at radius 1 is 1.71 bits per heavy atom. The van der Waals surface area contributed by atoms with E-state index >= 15 is 0 Å². The number of hydrogen-bond donors (Lipinski definition) is 1. The molecular formula is C11H19N3. The largest absolute Gasteiger partial charge is 0.336 e.